The summed E-state index contributed by atoms with van der Waals surface area (Å²) in [6, 6.07) is 16.1. The van der Waals surface area contributed by atoms with Crippen molar-refractivity contribution in [3.63, 3.8) is 0 Å². The summed E-state index contributed by atoms with van der Waals surface area (Å²) in [5, 5.41) is 11.3. The van der Waals surface area contributed by atoms with Crippen molar-refractivity contribution < 1.29 is 0 Å². The number of para-hydroxylation sites is 1. The lowest BCUT2D eigenvalue weighted by atomic mass is 10.1. The van der Waals surface area contributed by atoms with Gasteiger partial charge in [0, 0.05) is 16.6 Å². The second-order valence-electron chi connectivity index (χ2n) is 4.81. The topological polar surface area (TPSA) is 69.4 Å². The largest absolute Gasteiger partial charge is 0.326 e. The van der Waals surface area contributed by atoms with Gasteiger partial charge in [0.1, 0.15) is 0 Å². The van der Waals surface area contributed by atoms with E-state index in [0.717, 1.165) is 33.8 Å². The molecule has 0 saturated carbocycles. The first-order valence-corrected chi connectivity index (χ1v) is 6.69. The third-order valence-corrected chi connectivity index (χ3v) is 3.36. The van der Waals surface area contributed by atoms with Crippen molar-refractivity contribution in [1.29, 1.82) is 0 Å². The number of benzene rings is 2. The van der Waals surface area contributed by atoms with Gasteiger partial charge >= 0.3 is 0 Å². The first-order valence-electron chi connectivity index (χ1n) is 6.69. The van der Waals surface area contributed by atoms with Crippen LogP contribution in [0.5, 0.6) is 0 Å². The maximum absolute atomic E-state index is 4.37. The second kappa shape index (κ2) is 4.79. The number of fused-ring (bicyclic) bond motifs is 1. The van der Waals surface area contributed by atoms with Gasteiger partial charge in [-0.1, -0.05) is 24.3 Å². The monoisotopic (exact) mass is 275 g/mol. The lowest BCUT2D eigenvalue weighted by Crippen LogP contribution is -1.91. The van der Waals surface area contributed by atoms with Gasteiger partial charge in [0.2, 0.25) is 5.95 Å². The van der Waals surface area contributed by atoms with E-state index in [2.05, 4.69) is 31.5 Å². The normalized spacial score (nSPS) is 10.9. The Balaban J connectivity index is 1.64. The number of imidazole rings is 1. The second-order valence-corrected chi connectivity index (χ2v) is 4.81. The summed E-state index contributed by atoms with van der Waals surface area (Å²) in [5.41, 5.74) is 4.08. The van der Waals surface area contributed by atoms with Crippen LogP contribution < -0.4 is 5.32 Å². The van der Waals surface area contributed by atoms with Crippen molar-refractivity contribution in [2.24, 2.45) is 0 Å². The molecule has 4 rings (SSSR count). The number of anilines is 2. The number of aromatic nitrogens is 4. The van der Waals surface area contributed by atoms with E-state index >= 15 is 0 Å². The van der Waals surface area contributed by atoms with Crippen LogP contribution in [0.4, 0.5) is 11.6 Å². The predicted molar refractivity (Wildman–Crippen MR) is 83.4 cm³/mol. The molecule has 0 amide bonds. The third kappa shape index (κ3) is 2.25. The van der Waals surface area contributed by atoms with Gasteiger partial charge in [-0.05, 0) is 24.3 Å². The van der Waals surface area contributed by atoms with Crippen LogP contribution in [0, 0.1) is 0 Å². The van der Waals surface area contributed by atoms with Gasteiger partial charge in [-0.25, -0.2) is 4.98 Å². The molecule has 2 aromatic heterocycles. The van der Waals surface area contributed by atoms with Gasteiger partial charge in [-0.3, -0.25) is 5.10 Å². The highest BCUT2D eigenvalue weighted by Gasteiger charge is 2.05. The van der Waals surface area contributed by atoms with Crippen LogP contribution in [0.2, 0.25) is 0 Å². The Morgan fingerprint density at radius 3 is 2.76 bits per heavy atom. The number of nitrogens with one attached hydrogen (secondary N) is 3. The smallest absolute Gasteiger partial charge is 0.205 e. The summed E-state index contributed by atoms with van der Waals surface area (Å²) < 4.78 is 0. The van der Waals surface area contributed by atoms with Gasteiger partial charge in [0.25, 0.3) is 0 Å². The third-order valence-electron chi connectivity index (χ3n) is 3.36. The maximum Gasteiger partial charge on any atom is 0.205 e. The average Bonchev–Trinajstić information content (AvgIpc) is 3.16. The van der Waals surface area contributed by atoms with E-state index < -0.39 is 0 Å². The summed E-state index contributed by atoms with van der Waals surface area (Å²) in [6.45, 7) is 0. The summed E-state index contributed by atoms with van der Waals surface area (Å²) >= 11 is 0. The van der Waals surface area contributed by atoms with E-state index in [1.165, 1.54) is 0 Å². The van der Waals surface area contributed by atoms with Crippen LogP contribution in [0.15, 0.2) is 60.9 Å². The molecule has 102 valence electrons. The highest BCUT2D eigenvalue weighted by atomic mass is 15.1. The van der Waals surface area contributed by atoms with Gasteiger partial charge in [0.15, 0.2) is 0 Å². The Bertz CT molecular complexity index is 876. The Kier molecular flexibility index (Phi) is 2.67. The molecule has 0 aliphatic carbocycles. The first-order chi connectivity index (χ1) is 10.4. The molecule has 0 radical (unpaired) electrons. The van der Waals surface area contributed by atoms with Gasteiger partial charge < -0.3 is 10.3 Å². The predicted octanol–water partition coefficient (Wildman–Crippen LogP) is 3.70. The zero-order valence-electron chi connectivity index (χ0n) is 11.2. The zero-order valence-corrected chi connectivity index (χ0v) is 11.2. The molecule has 5 nitrogen and oxygen atoms in total. The fourth-order valence-corrected chi connectivity index (χ4v) is 2.30. The van der Waals surface area contributed by atoms with Crippen LogP contribution in [-0.4, -0.2) is 20.2 Å². The van der Waals surface area contributed by atoms with Crippen LogP contribution in [0.3, 0.4) is 0 Å². The standard InChI is InChI=1S/C16H13N5/c1-2-4-13(5-3-1)19-16-17-10-15(20-16)11-6-7-14-12(8-11)9-18-21-14/h1-10H,(H,18,21)(H2,17,19,20). The quantitative estimate of drug-likeness (QED) is 0.534. The van der Waals surface area contributed by atoms with Gasteiger partial charge in [-0.2, -0.15) is 5.10 Å². The Morgan fingerprint density at radius 1 is 0.952 bits per heavy atom. The van der Waals surface area contributed by atoms with Crippen LogP contribution in [0.25, 0.3) is 22.2 Å². The summed E-state index contributed by atoms with van der Waals surface area (Å²) in [7, 11) is 0. The molecule has 0 bridgehead atoms. The Hall–Kier alpha value is -3.08. The fourth-order valence-electron chi connectivity index (χ4n) is 2.30. The molecule has 0 fully saturated rings. The van der Waals surface area contributed by atoms with E-state index in [1.54, 1.807) is 0 Å². The SMILES string of the molecule is c1ccc(Nc2ncc(-c3ccc4[nH]ncc4c3)[nH]2)cc1. The van der Waals surface area contributed by atoms with Crippen molar-refractivity contribution in [3.05, 3.63) is 60.9 Å². The molecule has 0 aliphatic heterocycles. The minimum absolute atomic E-state index is 0.725. The number of hydrogen-bond donors (Lipinski definition) is 3. The molecule has 0 atom stereocenters. The minimum atomic E-state index is 0.725. The number of hydrogen-bond acceptors (Lipinski definition) is 3. The Labute approximate surface area is 121 Å². The number of nitrogens with zero attached hydrogens (tertiary/aromatic N) is 2. The van der Waals surface area contributed by atoms with Crippen LogP contribution >= 0.6 is 0 Å². The average molecular weight is 275 g/mol. The van der Waals surface area contributed by atoms with E-state index in [9.17, 15) is 0 Å². The molecule has 0 saturated heterocycles. The molecular weight excluding hydrogens is 262 g/mol. The zero-order chi connectivity index (χ0) is 14.1. The van der Waals surface area contributed by atoms with Gasteiger partial charge in [0.05, 0.1) is 23.6 Å². The van der Waals surface area contributed by atoms with Crippen molar-refractivity contribution in [2.45, 2.75) is 0 Å². The summed E-state index contributed by atoms with van der Waals surface area (Å²) in [4.78, 5) is 7.65. The van der Waals surface area contributed by atoms with Crippen molar-refractivity contribution in [3.8, 4) is 11.3 Å². The highest BCUT2D eigenvalue weighted by Crippen LogP contribution is 2.23. The number of rotatable bonds is 3. The summed E-state index contributed by atoms with van der Waals surface area (Å²) in [5.74, 6) is 0.725. The molecule has 2 heterocycles. The van der Waals surface area contributed by atoms with Crippen molar-refractivity contribution >= 4 is 22.5 Å². The number of aromatic amines is 2. The molecule has 3 N–H and O–H groups in total. The van der Waals surface area contributed by atoms with Crippen LogP contribution in [0.1, 0.15) is 0 Å². The van der Waals surface area contributed by atoms with Crippen LogP contribution in [-0.2, 0) is 0 Å². The molecule has 21 heavy (non-hydrogen) atoms. The lowest BCUT2D eigenvalue weighted by molar-refractivity contribution is 1.12. The maximum atomic E-state index is 4.37. The summed E-state index contributed by atoms with van der Waals surface area (Å²) in [6.07, 6.45) is 3.64. The molecular formula is C16H13N5. The molecule has 0 spiro atoms. The lowest BCUT2D eigenvalue weighted by Gasteiger charge is -2.02. The number of H-pyrrole nitrogens is 2. The molecule has 4 aromatic rings. The minimum Gasteiger partial charge on any atom is -0.326 e. The van der Waals surface area contributed by atoms with Crippen molar-refractivity contribution in [2.75, 3.05) is 5.32 Å². The molecule has 2 aromatic carbocycles. The van der Waals surface area contributed by atoms with Gasteiger partial charge in [-0.15, -0.1) is 0 Å². The van der Waals surface area contributed by atoms with E-state index in [4.69, 9.17) is 0 Å². The Morgan fingerprint density at radius 2 is 1.86 bits per heavy atom. The fraction of sp³-hybridized carbons (Fsp3) is 0. The molecule has 0 unspecified atom stereocenters. The van der Waals surface area contributed by atoms with E-state index in [0.29, 0.717) is 0 Å². The van der Waals surface area contributed by atoms with E-state index in [1.807, 2.05) is 54.9 Å². The first kappa shape index (κ1) is 11.7. The molecule has 5 heteroatoms. The highest BCUT2D eigenvalue weighted by molar-refractivity contribution is 5.83. The van der Waals surface area contributed by atoms with Crippen molar-refractivity contribution in [1.82, 2.24) is 20.2 Å². The molecule has 0 aliphatic rings. The van der Waals surface area contributed by atoms with E-state index in [-0.39, 0.29) is 0 Å².